The summed E-state index contributed by atoms with van der Waals surface area (Å²) in [6.07, 6.45) is 1.41. The van der Waals surface area contributed by atoms with Crippen LogP contribution < -0.4 is 0 Å². The highest BCUT2D eigenvalue weighted by atomic mass is 35.5. The molecule has 0 aliphatic carbocycles. The summed E-state index contributed by atoms with van der Waals surface area (Å²) in [6, 6.07) is 4.50. The van der Waals surface area contributed by atoms with Gasteiger partial charge in [0, 0.05) is 26.2 Å². The summed E-state index contributed by atoms with van der Waals surface area (Å²) < 4.78 is 15.1. The molecule has 1 atom stereocenters. The maximum atomic E-state index is 13.6. The summed E-state index contributed by atoms with van der Waals surface area (Å²) in [5, 5.41) is 14.8. The van der Waals surface area contributed by atoms with Gasteiger partial charge in [-0.1, -0.05) is 29.0 Å². The number of likely N-dealkylation sites (N-methyl/N-ethyl adjacent to an activating group) is 1. The van der Waals surface area contributed by atoms with Crippen LogP contribution in [-0.4, -0.2) is 62.7 Å². The van der Waals surface area contributed by atoms with Crippen LogP contribution in [0.25, 0.3) is 4.96 Å². The number of rotatable bonds is 3. The van der Waals surface area contributed by atoms with E-state index in [2.05, 4.69) is 26.9 Å². The van der Waals surface area contributed by atoms with Gasteiger partial charge in [0.2, 0.25) is 10.8 Å². The van der Waals surface area contributed by atoms with Crippen molar-refractivity contribution in [2.75, 3.05) is 33.2 Å². The molecule has 3 aromatic rings. The Morgan fingerprint density at radius 1 is 1.28 bits per heavy atom. The number of thiazole rings is 1. The minimum atomic E-state index is -0.450. The van der Waals surface area contributed by atoms with Crippen molar-refractivity contribution in [2.24, 2.45) is 0 Å². The molecule has 2 aromatic heterocycles. The largest absolute Gasteiger partial charge is 0.492 e. The Morgan fingerprint density at radius 2 is 2.04 bits per heavy atom. The lowest BCUT2D eigenvalue weighted by atomic mass is 10.0. The Balaban J connectivity index is 1.81. The van der Waals surface area contributed by atoms with Gasteiger partial charge in [-0.2, -0.15) is 9.61 Å². The third-order valence-corrected chi connectivity index (χ3v) is 5.93. The van der Waals surface area contributed by atoms with Crippen LogP contribution in [0, 0.1) is 5.82 Å². The van der Waals surface area contributed by atoms with E-state index in [9.17, 15) is 9.50 Å². The van der Waals surface area contributed by atoms with E-state index in [1.165, 1.54) is 28.2 Å². The van der Waals surface area contributed by atoms with E-state index in [4.69, 9.17) is 11.6 Å². The molecule has 1 N–H and O–H groups in total. The SMILES string of the molecule is CN1CCN([C@H](c2ccc(F)c(Cl)c2)c2sc3ncnn3c2O)CC1. The molecule has 0 radical (unpaired) electrons. The van der Waals surface area contributed by atoms with Crippen LogP contribution in [0.4, 0.5) is 4.39 Å². The quantitative estimate of drug-likeness (QED) is 0.755. The smallest absolute Gasteiger partial charge is 0.230 e. The fraction of sp³-hybridized carbons (Fsp3) is 0.375. The van der Waals surface area contributed by atoms with E-state index in [0.29, 0.717) is 4.96 Å². The molecular formula is C16H17ClFN5OS. The number of aromatic hydroxyl groups is 1. The van der Waals surface area contributed by atoms with Gasteiger partial charge in [-0.05, 0) is 24.7 Å². The first-order valence-electron chi connectivity index (χ1n) is 7.93. The van der Waals surface area contributed by atoms with Gasteiger partial charge in [0.25, 0.3) is 0 Å². The van der Waals surface area contributed by atoms with Crippen molar-refractivity contribution in [1.29, 1.82) is 0 Å². The molecule has 1 aromatic carbocycles. The van der Waals surface area contributed by atoms with Crippen molar-refractivity contribution in [3.63, 3.8) is 0 Å². The zero-order valence-corrected chi connectivity index (χ0v) is 15.1. The number of fused-ring (bicyclic) bond motifs is 1. The first kappa shape index (κ1) is 16.7. The number of nitrogens with zero attached hydrogens (tertiary/aromatic N) is 5. The molecule has 9 heteroatoms. The highest BCUT2D eigenvalue weighted by molar-refractivity contribution is 7.17. The zero-order chi connectivity index (χ0) is 17.6. The maximum Gasteiger partial charge on any atom is 0.230 e. The summed E-state index contributed by atoms with van der Waals surface area (Å²) in [7, 11) is 2.09. The molecule has 3 heterocycles. The average molecular weight is 382 g/mol. The predicted molar refractivity (Wildman–Crippen MR) is 94.9 cm³/mol. The van der Waals surface area contributed by atoms with Gasteiger partial charge in [0.15, 0.2) is 0 Å². The van der Waals surface area contributed by atoms with E-state index in [1.54, 1.807) is 12.1 Å². The molecule has 0 unspecified atom stereocenters. The molecule has 0 amide bonds. The Labute approximate surface area is 153 Å². The number of aromatic nitrogens is 3. The second-order valence-electron chi connectivity index (χ2n) is 6.16. The topological polar surface area (TPSA) is 56.9 Å². The van der Waals surface area contributed by atoms with Gasteiger partial charge in [-0.15, -0.1) is 0 Å². The summed E-state index contributed by atoms with van der Waals surface area (Å²) in [6.45, 7) is 3.52. The van der Waals surface area contributed by atoms with Crippen LogP contribution in [0.2, 0.25) is 5.02 Å². The van der Waals surface area contributed by atoms with Crippen LogP contribution in [0.5, 0.6) is 5.88 Å². The van der Waals surface area contributed by atoms with E-state index in [1.807, 2.05) is 0 Å². The van der Waals surface area contributed by atoms with Crippen LogP contribution in [0.15, 0.2) is 24.5 Å². The third-order valence-electron chi connectivity index (χ3n) is 4.55. The summed E-state index contributed by atoms with van der Waals surface area (Å²) in [4.78, 5) is 10.1. The molecule has 6 nitrogen and oxygen atoms in total. The van der Waals surface area contributed by atoms with Crippen LogP contribution >= 0.6 is 22.9 Å². The molecular weight excluding hydrogens is 365 g/mol. The van der Waals surface area contributed by atoms with E-state index < -0.39 is 5.82 Å². The molecule has 1 aliphatic rings. The molecule has 4 rings (SSSR count). The van der Waals surface area contributed by atoms with Crippen LogP contribution in [-0.2, 0) is 0 Å². The van der Waals surface area contributed by atoms with Crippen molar-refractivity contribution in [3.05, 3.63) is 45.8 Å². The Hall–Kier alpha value is -1.74. The number of benzene rings is 1. The monoisotopic (exact) mass is 381 g/mol. The van der Waals surface area contributed by atoms with E-state index in [0.717, 1.165) is 36.6 Å². The van der Waals surface area contributed by atoms with Crippen molar-refractivity contribution >= 4 is 27.9 Å². The molecule has 1 aliphatic heterocycles. The Bertz CT molecular complexity index is 905. The van der Waals surface area contributed by atoms with Gasteiger partial charge in [0.05, 0.1) is 15.9 Å². The molecule has 132 valence electrons. The second-order valence-corrected chi connectivity index (χ2v) is 7.58. The molecule has 1 fully saturated rings. The first-order chi connectivity index (χ1) is 12.0. The first-order valence-corrected chi connectivity index (χ1v) is 9.13. The van der Waals surface area contributed by atoms with Gasteiger partial charge >= 0.3 is 0 Å². The van der Waals surface area contributed by atoms with E-state index in [-0.39, 0.29) is 16.9 Å². The van der Waals surface area contributed by atoms with Gasteiger partial charge in [-0.3, -0.25) is 4.90 Å². The standard InChI is InChI=1S/C16H17ClFN5OS/c1-21-4-6-22(7-5-21)13(10-2-3-12(18)11(17)8-10)14-15(24)23-16(25-14)19-9-20-23/h2-3,8-9,13,24H,4-7H2,1H3/t13-/m1/s1. The van der Waals surface area contributed by atoms with Gasteiger partial charge in [-0.25, -0.2) is 9.37 Å². The zero-order valence-electron chi connectivity index (χ0n) is 13.6. The summed E-state index contributed by atoms with van der Waals surface area (Å²) in [5.41, 5.74) is 0.843. The highest BCUT2D eigenvalue weighted by Crippen LogP contribution is 2.40. The molecule has 0 saturated carbocycles. The Morgan fingerprint density at radius 3 is 2.72 bits per heavy atom. The average Bonchev–Trinajstić information content (AvgIpc) is 3.17. The lowest BCUT2D eigenvalue weighted by Crippen LogP contribution is -2.46. The third kappa shape index (κ3) is 2.99. The van der Waals surface area contributed by atoms with Crippen molar-refractivity contribution in [1.82, 2.24) is 24.4 Å². The lowest BCUT2D eigenvalue weighted by molar-refractivity contribution is 0.127. The highest BCUT2D eigenvalue weighted by Gasteiger charge is 2.31. The van der Waals surface area contributed by atoms with Gasteiger partial charge in [0.1, 0.15) is 12.1 Å². The molecule has 1 saturated heterocycles. The predicted octanol–water partition coefficient (Wildman–Crippen LogP) is 2.63. The number of piperazine rings is 1. The summed E-state index contributed by atoms with van der Waals surface area (Å²) >= 11 is 7.40. The fourth-order valence-corrected chi connectivity index (χ4v) is 4.44. The van der Waals surface area contributed by atoms with E-state index >= 15 is 0 Å². The maximum absolute atomic E-state index is 13.6. The van der Waals surface area contributed by atoms with Crippen LogP contribution in [0.3, 0.4) is 0 Å². The molecule has 0 bridgehead atoms. The van der Waals surface area contributed by atoms with Crippen molar-refractivity contribution in [2.45, 2.75) is 6.04 Å². The van der Waals surface area contributed by atoms with Gasteiger partial charge < -0.3 is 10.0 Å². The number of halogens is 2. The van der Waals surface area contributed by atoms with Crippen molar-refractivity contribution < 1.29 is 9.50 Å². The minimum Gasteiger partial charge on any atom is -0.492 e. The normalized spacial score (nSPS) is 18.0. The molecule has 0 spiro atoms. The van der Waals surface area contributed by atoms with Crippen molar-refractivity contribution in [3.8, 4) is 5.88 Å². The molecule has 25 heavy (non-hydrogen) atoms. The fourth-order valence-electron chi connectivity index (χ4n) is 3.16. The minimum absolute atomic E-state index is 0.0712. The number of hydrogen-bond donors (Lipinski definition) is 1. The number of hydrogen-bond acceptors (Lipinski definition) is 6. The Kier molecular flexibility index (Phi) is 4.36. The second kappa shape index (κ2) is 6.53. The van der Waals surface area contributed by atoms with Crippen LogP contribution in [0.1, 0.15) is 16.5 Å². The lowest BCUT2D eigenvalue weighted by Gasteiger charge is -2.37. The summed E-state index contributed by atoms with van der Waals surface area (Å²) in [5.74, 6) is -0.378.